The molecule has 2 aliphatic rings. The first kappa shape index (κ1) is 25.7. The zero-order valence-electron chi connectivity index (χ0n) is 22.7. The third kappa shape index (κ3) is 5.33. The summed E-state index contributed by atoms with van der Waals surface area (Å²) in [6, 6.07) is 21.6. The molecular formula is C32H34BrN5O. The fourth-order valence-corrected chi connectivity index (χ4v) is 6.44. The van der Waals surface area contributed by atoms with E-state index >= 15 is 0 Å². The second-order valence-electron chi connectivity index (χ2n) is 10.9. The number of hydrogen-bond acceptors (Lipinski definition) is 4. The largest absolute Gasteiger partial charge is 0.371 e. The van der Waals surface area contributed by atoms with E-state index in [1.165, 1.54) is 22.4 Å². The number of urea groups is 1. The number of nitrogens with one attached hydrogen (secondary N) is 2. The van der Waals surface area contributed by atoms with E-state index < -0.39 is 0 Å². The number of carbonyl (C=O) groups excluding carboxylic acids is 1. The van der Waals surface area contributed by atoms with E-state index in [0.29, 0.717) is 0 Å². The molecule has 2 amide bonds. The molecule has 0 saturated carbocycles. The highest BCUT2D eigenvalue weighted by Gasteiger charge is 2.30. The van der Waals surface area contributed by atoms with Crippen LogP contribution < -0.4 is 15.5 Å². The minimum absolute atomic E-state index is 0.0224. The number of fused-ring (bicyclic) bond motifs is 2. The van der Waals surface area contributed by atoms with Crippen LogP contribution in [-0.2, 0) is 6.42 Å². The van der Waals surface area contributed by atoms with Crippen molar-refractivity contribution >= 4 is 55.6 Å². The molecule has 3 aromatic carbocycles. The Hall–Kier alpha value is -3.58. The molecule has 200 valence electrons. The van der Waals surface area contributed by atoms with Crippen LogP contribution in [0.3, 0.4) is 0 Å². The molecule has 6 rings (SSSR count). The van der Waals surface area contributed by atoms with Gasteiger partial charge in [-0.1, -0.05) is 27.6 Å². The normalized spacial score (nSPS) is 16.2. The van der Waals surface area contributed by atoms with Crippen LogP contribution in [0, 0.1) is 20.8 Å². The predicted molar refractivity (Wildman–Crippen MR) is 164 cm³/mol. The SMILES string of the molecule is Cc1cc(C)c2nc(C)cc(Nc3ccc(N4CCC(N5CCc6cc(Br)ccc6NC5=O)CC4)cc3)c2c1. The van der Waals surface area contributed by atoms with Crippen molar-refractivity contribution in [2.75, 3.05) is 35.2 Å². The standard InChI is InChI=1S/C32H34BrN5O/c1-20-16-21(2)31-28(17-20)30(18-22(3)34-31)35-25-5-7-26(8-6-25)37-13-11-27(12-14-37)38-15-10-23-19-24(33)4-9-29(23)36-32(38)39/h4-9,16-19,27H,10-15H2,1-3H3,(H,34,35)(H,36,39). The molecule has 39 heavy (non-hydrogen) atoms. The minimum atomic E-state index is 0.0224. The second kappa shape index (κ2) is 10.5. The highest BCUT2D eigenvalue weighted by atomic mass is 79.9. The number of anilines is 4. The lowest BCUT2D eigenvalue weighted by Gasteiger charge is -2.39. The number of halogens is 1. The summed E-state index contributed by atoms with van der Waals surface area (Å²) in [5.74, 6) is 0. The van der Waals surface area contributed by atoms with Crippen molar-refractivity contribution in [3.05, 3.63) is 87.5 Å². The van der Waals surface area contributed by atoms with Crippen molar-refractivity contribution < 1.29 is 4.79 Å². The third-order valence-corrected chi connectivity index (χ3v) is 8.48. The lowest BCUT2D eigenvalue weighted by Crippen LogP contribution is -2.48. The van der Waals surface area contributed by atoms with Gasteiger partial charge in [0.25, 0.3) is 0 Å². The maximum atomic E-state index is 13.0. The molecule has 1 aromatic heterocycles. The van der Waals surface area contributed by atoms with E-state index in [0.717, 1.165) is 77.0 Å². The van der Waals surface area contributed by atoms with Crippen molar-refractivity contribution in [3.8, 4) is 0 Å². The van der Waals surface area contributed by atoms with Crippen molar-refractivity contribution in [2.24, 2.45) is 0 Å². The van der Waals surface area contributed by atoms with Crippen LogP contribution >= 0.6 is 15.9 Å². The number of amides is 2. The first-order valence-corrected chi connectivity index (χ1v) is 14.5. The minimum Gasteiger partial charge on any atom is -0.371 e. The van der Waals surface area contributed by atoms with Crippen molar-refractivity contribution in [1.82, 2.24) is 9.88 Å². The fraction of sp³-hybridized carbons (Fsp3) is 0.312. The smallest absolute Gasteiger partial charge is 0.322 e. The maximum Gasteiger partial charge on any atom is 0.322 e. The molecule has 1 fully saturated rings. The Kier molecular flexibility index (Phi) is 6.94. The lowest BCUT2D eigenvalue weighted by atomic mass is 10.0. The number of hydrogen-bond donors (Lipinski definition) is 2. The Morgan fingerprint density at radius 1 is 0.949 bits per heavy atom. The summed E-state index contributed by atoms with van der Waals surface area (Å²) >= 11 is 3.55. The molecule has 0 unspecified atom stereocenters. The van der Waals surface area contributed by atoms with Gasteiger partial charge in [-0.05, 0) is 106 Å². The van der Waals surface area contributed by atoms with Crippen LogP contribution in [0.4, 0.5) is 27.5 Å². The molecule has 7 heteroatoms. The lowest BCUT2D eigenvalue weighted by molar-refractivity contribution is 0.177. The van der Waals surface area contributed by atoms with E-state index in [1.807, 2.05) is 24.0 Å². The van der Waals surface area contributed by atoms with Crippen LogP contribution in [0.15, 0.2) is 65.1 Å². The molecule has 0 spiro atoms. The topological polar surface area (TPSA) is 60.5 Å². The van der Waals surface area contributed by atoms with Gasteiger partial charge in [0.2, 0.25) is 0 Å². The highest BCUT2D eigenvalue weighted by Crippen LogP contribution is 2.32. The molecule has 4 aromatic rings. The Bertz CT molecular complexity index is 1540. The van der Waals surface area contributed by atoms with E-state index in [4.69, 9.17) is 4.98 Å². The predicted octanol–water partition coefficient (Wildman–Crippen LogP) is 7.73. The van der Waals surface area contributed by atoms with Gasteiger partial charge in [0.05, 0.1) is 5.52 Å². The Balaban J connectivity index is 1.11. The zero-order valence-corrected chi connectivity index (χ0v) is 24.3. The van der Waals surface area contributed by atoms with E-state index in [2.05, 4.69) is 93.8 Å². The van der Waals surface area contributed by atoms with Gasteiger partial charge in [-0.25, -0.2) is 4.79 Å². The van der Waals surface area contributed by atoms with Gasteiger partial charge < -0.3 is 20.4 Å². The van der Waals surface area contributed by atoms with Crippen LogP contribution in [0.5, 0.6) is 0 Å². The van der Waals surface area contributed by atoms with Crippen LogP contribution in [0.25, 0.3) is 10.9 Å². The Labute approximate surface area is 238 Å². The van der Waals surface area contributed by atoms with Crippen LogP contribution in [0.1, 0.15) is 35.2 Å². The van der Waals surface area contributed by atoms with Crippen LogP contribution in [-0.4, -0.2) is 41.6 Å². The Morgan fingerprint density at radius 3 is 2.49 bits per heavy atom. The summed E-state index contributed by atoms with van der Waals surface area (Å²) in [5.41, 5.74) is 9.98. The summed E-state index contributed by atoms with van der Waals surface area (Å²) in [6.45, 7) is 8.93. The van der Waals surface area contributed by atoms with Gasteiger partial charge in [0.1, 0.15) is 0 Å². The molecule has 0 radical (unpaired) electrons. The number of pyridine rings is 1. The van der Waals surface area contributed by atoms with Gasteiger partial charge in [-0.3, -0.25) is 4.98 Å². The van der Waals surface area contributed by atoms with Crippen LogP contribution in [0.2, 0.25) is 0 Å². The number of rotatable bonds is 4. The molecule has 0 aliphatic carbocycles. The fourth-order valence-electron chi connectivity index (χ4n) is 6.03. The molecule has 6 nitrogen and oxygen atoms in total. The summed E-state index contributed by atoms with van der Waals surface area (Å²) in [4.78, 5) is 22.3. The van der Waals surface area contributed by atoms with Crippen molar-refractivity contribution in [1.29, 1.82) is 0 Å². The zero-order chi connectivity index (χ0) is 27.1. The number of aromatic nitrogens is 1. The van der Waals surface area contributed by atoms with Gasteiger partial charge in [-0.15, -0.1) is 0 Å². The quantitative estimate of drug-likeness (QED) is 0.258. The number of carbonyl (C=O) groups is 1. The summed E-state index contributed by atoms with van der Waals surface area (Å²) in [5, 5.41) is 7.91. The first-order chi connectivity index (χ1) is 18.8. The second-order valence-corrected chi connectivity index (χ2v) is 11.8. The molecule has 1 saturated heterocycles. The van der Waals surface area contributed by atoms with Gasteiger partial charge in [-0.2, -0.15) is 0 Å². The van der Waals surface area contributed by atoms with Gasteiger partial charge in [0.15, 0.2) is 0 Å². The Morgan fingerprint density at radius 2 is 1.72 bits per heavy atom. The van der Waals surface area contributed by atoms with E-state index in [9.17, 15) is 4.79 Å². The number of benzene rings is 3. The average Bonchev–Trinajstić information content (AvgIpc) is 3.08. The molecule has 2 N–H and O–H groups in total. The molecule has 3 heterocycles. The van der Waals surface area contributed by atoms with Gasteiger partial charge in [0, 0.05) is 64.0 Å². The van der Waals surface area contributed by atoms with Crippen molar-refractivity contribution in [2.45, 2.75) is 46.1 Å². The van der Waals surface area contributed by atoms with Gasteiger partial charge >= 0.3 is 6.03 Å². The molecule has 2 aliphatic heterocycles. The average molecular weight is 585 g/mol. The van der Waals surface area contributed by atoms with E-state index in [1.54, 1.807) is 0 Å². The summed E-state index contributed by atoms with van der Waals surface area (Å²) < 4.78 is 1.05. The summed E-state index contributed by atoms with van der Waals surface area (Å²) in [6.07, 6.45) is 2.80. The molecule has 0 bridgehead atoms. The van der Waals surface area contributed by atoms with E-state index in [-0.39, 0.29) is 12.1 Å². The third-order valence-electron chi connectivity index (χ3n) is 7.98. The number of piperidine rings is 1. The first-order valence-electron chi connectivity index (χ1n) is 13.7. The molecular weight excluding hydrogens is 550 g/mol. The summed E-state index contributed by atoms with van der Waals surface area (Å²) in [7, 11) is 0. The number of aryl methyl sites for hydroxylation is 3. The number of nitrogens with zero attached hydrogens (tertiary/aromatic N) is 3. The monoisotopic (exact) mass is 583 g/mol. The molecule has 0 atom stereocenters. The highest BCUT2D eigenvalue weighted by molar-refractivity contribution is 9.10. The van der Waals surface area contributed by atoms with Crippen molar-refractivity contribution in [3.63, 3.8) is 0 Å². The maximum absolute atomic E-state index is 13.0.